The zero-order valence-corrected chi connectivity index (χ0v) is 15.4. The first kappa shape index (κ1) is 21.8. The van der Waals surface area contributed by atoms with Crippen LogP contribution in [-0.4, -0.2) is 39.3 Å². The highest BCUT2D eigenvalue weighted by molar-refractivity contribution is 5.78. The van der Waals surface area contributed by atoms with E-state index in [0.29, 0.717) is 44.9 Å². The fraction of sp³-hybridized carbons (Fsp3) is 0.800. The maximum atomic E-state index is 12.0. The van der Waals surface area contributed by atoms with Gasteiger partial charge in [0.25, 0.3) is 0 Å². The molecule has 0 aromatic rings. The van der Waals surface area contributed by atoms with Gasteiger partial charge >= 0.3 is 5.97 Å². The molecule has 25 heavy (non-hydrogen) atoms. The zero-order chi connectivity index (χ0) is 18.7. The molecule has 1 aliphatic carbocycles. The van der Waals surface area contributed by atoms with Gasteiger partial charge in [-0.3, -0.25) is 9.59 Å². The Labute approximate surface area is 151 Å². The Hall–Kier alpha value is -1.20. The summed E-state index contributed by atoms with van der Waals surface area (Å²) in [5, 5.41) is 29.0. The molecule has 1 fully saturated rings. The van der Waals surface area contributed by atoms with Crippen LogP contribution >= 0.6 is 0 Å². The Kier molecular flexibility index (Phi) is 10.7. The summed E-state index contributed by atoms with van der Waals surface area (Å²) in [6, 6.07) is 0. The van der Waals surface area contributed by atoms with Crippen molar-refractivity contribution in [2.24, 2.45) is 11.8 Å². The van der Waals surface area contributed by atoms with Crippen LogP contribution in [0.2, 0.25) is 0 Å². The second-order valence-corrected chi connectivity index (χ2v) is 7.23. The van der Waals surface area contributed by atoms with Gasteiger partial charge < -0.3 is 15.3 Å². The fourth-order valence-corrected chi connectivity index (χ4v) is 3.67. The second-order valence-electron chi connectivity index (χ2n) is 7.23. The highest BCUT2D eigenvalue weighted by Gasteiger charge is 2.40. The van der Waals surface area contributed by atoms with Crippen molar-refractivity contribution in [3.8, 4) is 0 Å². The molecule has 4 atom stereocenters. The predicted molar refractivity (Wildman–Crippen MR) is 97.2 cm³/mol. The first-order valence-electron chi connectivity index (χ1n) is 9.70. The van der Waals surface area contributed by atoms with E-state index in [-0.39, 0.29) is 24.0 Å². The third-order valence-electron chi connectivity index (χ3n) is 5.17. The van der Waals surface area contributed by atoms with Gasteiger partial charge in [-0.05, 0) is 50.4 Å². The van der Waals surface area contributed by atoms with Crippen molar-refractivity contribution in [1.82, 2.24) is 0 Å². The molecule has 144 valence electrons. The van der Waals surface area contributed by atoms with Crippen LogP contribution in [0.5, 0.6) is 0 Å². The molecule has 0 radical (unpaired) electrons. The molecule has 0 aromatic heterocycles. The van der Waals surface area contributed by atoms with Crippen LogP contribution in [0, 0.1) is 11.8 Å². The van der Waals surface area contributed by atoms with Gasteiger partial charge in [-0.1, -0.05) is 31.9 Å². The second kappa shape index (κ2) is 12.2. The lowest BCUT2D eigenvalue weighted by molar-refractivity contribution is -0.137. The van der Waals surface area contributed by atoms with E-state index in [9.17, 15) is 19.8 Å². The average molecular weight is 354 g/mol. The Bertz CT molecular complexity index is 432. The fourth-order valence-electron chi connectivity index (χ4n) is 3.67. The van der Waals surface area contributed by atoms with Gasteiger partial charge in [0, 0.05) is 19.3 Å². The number of allylic oxidation sites excluding steroid dienone is 2. The summed E-state index contributed by atoms with van der Waals surface area (Å²) in [5.41, 5.74) is 0. The molecule has 5 nitrogen and oxygen atoms in total. The van der Waals surface area contributed by atoms with Crippen LogP contribution in [0.15, 0.2) is 12.2 Å². The van der Waals surface area contributed by atoms with E-state index in [1.807, 2.05) is 12.2 Å². The number of carbonyl (C=O) groups is 2. The van der Waals surface area contributed by atoms with Crippen molar-refractivity contribution in [2.75, 3.05) is 0 Å². The van der Waals surface area contributed by atoms with Crippen LogP contribution < -0.4 is 0 Å². The lowest BCUT2D eigenvalue weighted by Gasteiger charge is -2.22. The van der Waals surface area contributed by atoms with E-state index in [0.717, 1.165) is 19.3 Å². The van der Waals surface area contributed by atoms with Crippen LogP contribution in [0.1, 0.15) is 77.6 Å². The van der Waals surface area contributed by atoms with Crippen LogP contribution in [0.3, 0.4) is 0 Å². The first-order valence-corrected chi connectivity index (χ1v) is 9.70. The molecule has 1 aliphatic rings. The summed E-state index contributed by atoms with van der Waals surface area (Å²) >= 11 is 0. The molecule has 3 N–H and O–H groups in total. The van der Waals surface area contributed by atoms with E-state index in [2.05, 4.69) is 6.92 Å². The number of carbonyl (C=O) groups excluding carboxylic acids is 1. The van der Waals surface area contributed by atoms with Crippen molar-refractivity contribution >= 4 is 11.8 Å². The molecule has 0 heterocycles. The topological polar surface area (TPSA) is 94.8 Å². The Balaban J connectivity index is 2.38. The lowest BCUT2D eigenvalue weighted by atomic mass is 9.86. The molecular formula is C20H34O5. The van der Waals surface area contributed by atoms with Gasteiger partial charge in [0.2, 0.25) is 0 Å². The normalized spacial score (nSPS) is 26.4. The van der Waals surface area contributed by atoms with E-state index in [1.54, 1.807) is 0 Å². The highest BCUT2D eigenvalue weighted by Crippen LogP contribution is 2.38. The van der Waals surface area contributed by atoms with E-state index in [1.165, 1.54) is 0 Å². The first-order chi connectivity index (χ1) is 12.0. The molecule has 2 unspecified atom stereocenters. The SMILES string of the molecule is CCCCCC(=O)CC[C@H]1C(O)CC(O)[C@@H]1CC=CCCCC(=O)O. The number of Topliss-reactive ketones (excluding diaryl/α,β-unsaturated/α-hetero) is 1. The quantitative estimate of drug-likeness (QED) is 0.348. The largest absolute Gasteiger partial charge is 0.481 e. The van der Waals surface area contributed by atoms with Crippen LogP contribution in [0.4, 0.5) is 0 Å². The number of ketones is 1. The minimum Gasteiger partial charge on any atom is -0.481 e. The summed E-state index contributed by atoms with van der Waals surface area (Å²) in [5.74, 6) is -0.584. The predicted octanol–water partition coefficient (Wildman–Crippen LogP) is 3.48. The number of aliphatic carboxylic acids is 1. The molecule has 0 amide bonds. The average Bonchev–Trinajstić information content (AvgIpc) is 2.82. The number of hydrogen-bond acceptors (Lipinski definition) is 4. The summed E-state index contributed by atoms with van der Waals surface area (Å²) in [6.45, 7) is 2.11. The molecule has 1 rings (SSSR count). The Morgan fingerprint density at radius 2 is 1.68 bits per heavy atom. The van der Waals surface area contributed by atoms with Crippen molar-refractivity contribution < 1.29 is 24.9 Å². The van der Waals surface area contributed by atoms with Gasteiger partial charge in [-0.15, -0.1) is 0 Å². The third-order valence-corrected chi connectivity index (χ3v) is 5.17. The molecule has 0 bridgehead atoms. The van der Waals surface area contributed by atoms with Crippen LogP contribution in [-0.2, 0) is 9.59 Å². The smallest absolute Gasteiger partial charge is 0.303 e. The van der Waals surface area contributed by atoms with E-state index >= 15 is 0 Å². The van der Waals surface area contributed by atoms with Crippen molar-refractivity contribution in [1.29, 1.82) is 0 Å². The summed E-state index contributed by atoms with van der Waals surface area (Å²) in [4.78, 5) is 22.4. The highest BCUT2D eigenvalue weighted by atomic mass is 16.4. The number of unbranched alkanes of at least 4 members (excludes halogenated alkanes) is 3. The van der Waals surface area contributed by atoms with E-state index < -0.39 is 18.2 Å². The summed E-state index contributed by atoms with van der Waals surface area (Å²) in [7, 11) is 0. The molecule has 5 heteroatoms. The summed E-state index contributed by atoms with van der Waals surface area (Å²) < 4.78 is 0. The molecule has 0 aliphatic heterocycles. The van der Waals surface area contributed by atoms with Gasteiger partial charge in [0.05, 0.1) is 12.2 Å². The van der Waals surface area contributed by atoms with Crippen molar-refractivity contribution in [3.63, 3.8) is 0 Å². The molecule has 0 saturated heterocycles. The molecule has 0 aromatic carbocycles. The van der Waals surface area contributed by atoms with Gasteiger partial charge in [0.15, 0.2) is 0 Å². The minimum absolute atomic E-state index is 0.0193. The number of hydrogen-bond donors (Lipinski definition) is 3. The number of carboxylic acid groups (broad SMARTS) is 1. The Morgan fingerprint density at radius 3 is 2.36 bits per heavy atom. The molecular weight excluding hydrogens is 320 g/mol. The zero-order valence-electron chi connectivity index (χ0n) is 15.4. The standard InChI is InChI=1S/C20H34O5/c1-2-3-6-9-15(21)12-13-17-16(18(22)14-19(17)23)10-7-4-5-8-11-20(24)25/h4,7,16-19,22-23H,2-3,5-6,8-14H2,1H3,(H,24,25)/t16-,17-,18?,19?/m1/s1. The van der Waals surface area contributed by atoms with Gasteiger partial charge in [-0.25, -0.2) is 0 Å². The minimum atomic E-state index is -0.786. The maximum Gasteiger partial charge on any atom is 0.303 e. The third kappa shape index (κ3) is 8.63. The number of rotatable bonds is 13. The molecule has 0 spiro atoms. The monoisotopic (exact) mass is 354 g/mol. The Morgan fingerprint density at radius 1 is 0.960 bits per heavy atom. The number of carboxylic acids is 1. The maximum absolute atomic E-state index is 12.0. The van der Waals surface area contributed by atoms with Crippen molar-refractivity contribution in [3.05, 3.63) is 12.2 Å². The van der Waals surface area contributed by atoms with Gasteiger partial charge in [0.1, 0.15) is 5.78 Å². The van der Waals surface area contributed by atoms with Gasteiger partial charge in [-0.2, -0.15) is 0 Å². The van der Waals surface area contributed by atoms with E-state index in [4.69, 9.17) is 5.11 Å². The van der Waals surface area contributed by atoms with Crippen molar-refractivity contribution in [2.45, 2.75) is 89.8 Å². The van der Waals surface area contributed by atoms with Crippen LogP contribution in [0.25, 0.3) is 0 Å². The number of aliphatic hydroxyl groups is 2. The lowest BCUT2D eigenvalue weighted by Crippen LogP contribution is -2.22. The molecule has 1 saturated carbocycles. The summed E-state index contributed by atoms with van der Waals surface area (Å²) in [6.07, 6.45) is 10.2. The number of aliphatic hydroxyl groups excluding tert-OH is 2.